The largest absolute Gasteiger partial charge is 0.497 e. The van der Waals surface area contributed by atoms with Gasteiger partial charge in [0.05, 0.1) is 13.7 Å². The summed E-state index contributed by atoms with van der Waals surface area (Å²) in [6, 6.07) is 19.3. The second-order valence-electron chi connectivity index (χ2n) is 9.65. The van der Waals surface area contributed by atoms with E-state index in [1.54, 1.807) is 36.4 Å². The van der Waals surface area contributed by atoms with Crippen molar-refractivity contribution >= 4 is 45.8 Å². The summed E-state index contributed by atoms with van der Waals surface area (Å²) in [5.41, 5.74) is 2.21. The smallest absolute Gasteiger partial charge is 0.254 e. The van der Waals surface area contributed by atoms with E-state index in [1.807, 2.05) is 72.6 Å². The van der Waals surface area contributed by atoms with Gasteiger partial charge < -0.3 is 9.64 Å². The number of hydrogen-bond acceptors (Lipinski definition) is 7. The van der Waals surface area contributed by atoms with Crippen LogP contribution in [-0.2, 0) is 21.7 Å². The Morgan fingerprint density at radius 2 is 1.78 bits per heavy atom. The number of likely N-dealkylation sites (tertiary alicyclic amines) is 1. The Labute approximate surface area is 225 Å². The predicted octanol–water partition coefficient (Wildman–Crippen LogP) is 3.79. The number of carbonyl (C=O) groups excluding carboxylic acids is 2. The number of aromatic nitrogens is 1. The quantitative estimate of drug-likeness (QED) is 0.476. The molecule has 3 atom stereocenters. The maximum atomic E-state index is 14.8. The van der Waals surface area contributed by atoms with Crippen molar-refractivity contribution in [3.05, 3.63) is 89.7 Å². The molecule has 1 aromatic heterocycles. The Bertz CT molecular complexity index is 1420. The first-order valence-corrected chi connectivity index (χ1v) is 13.3. The molecular weight excluding hydrogens is 504 g/mol. The third-order valence-electron chi connectivity index (χ3n) is 7.95. The van der Waals surface area contributed by atoms with E-state index in [2.05, 4.69) is 4.98 Å². The summed E-state index contributed by atoms with van der Waals surface area (Å²) in [5, 5.41) is 0. The highest BCUT2D eigenvalue weighted by molar-refractivity contribution is 8.25. The second-order valence-corrected chi connectivity index (χ2v) is 11.5. The van der Waals surface area contributed by atoms with Gasteiger partial charge in [0.25, 0.3) is 5.91 Å². The van der Waals surface area contributed by atoms with Crippen molar-refractivity contribution in [2.45, 2.75) is 22.7 Å². The number of amides is 2. The summed E-state index contributed by atoms with van der Waals surface area (Å²) >= 11 is 7.24. The van der Waals surface area contributed by atoms with E-state index >= 15 is 0 Å². The van der Waals surface area contributed by atoms with E-state index in [0.717, 1.165) is 22.4 Å². The number of pyridine rings is 1. The molecule has 2 saturated heterocycles. The van der Waals surface area contributed by atoms with Crippen molar-refractivity contribution in [3.8, 4) is 5.75 Å². The molecule has 0 N–H and O–H groups in total. The van der Waals surface area contributed by atoms with Gasteiger partial charge in [-0.1, -0.05) is 54.3 Å². The number of carbonyl (C=O) groups is 2. The highest BCUT2D eigenvalue weighted by Gasteiger charge is 2.78. The molecule has 6 rings (SSSR count). The highest BCUT2D eigenvalue weighted by atomic mass is 32.2. The fourth-order valence-electron chi connectivity index (χ4n) is 6.30. The molecule has 2 spiro atoms. The molecule has 7 nitrogen and oxygen atoms in total. The number of rotatable bonds is 4. The van der Waals surface area contributed by atoms with Crippen molar-refractivity contribution in [2.75, 3.05) is 32.6 Å². The number of likely N-dealkylation sites (N-methyl/N-ethyl adjacent to an activating group) is 2. The fourth-order valence-corrected chi connectivity index (χ4v) is 8.43. The molecule has 3 aromatic rings. The molecule has 9 heteroatoms. The van der Waals surface area contributed by atoms with Gasteiger partial charge in [0.1, 0.15) is 14.8 Å². The first-order chi connectivity index (χ1) is 17.9. The fraction of sp³-hybridized carbons (Fsp3) is 0.286. The van der Waals surface area contributed by atoms with Gasteiger partial charge >= 0.3 is 0 Å². The summed E-state index contributed by atoms with van der Waals surface area (Å²) < 4.78 is 4.84. The molecule has 4 heterocycles. The molecule has 3 aliphatic heterocycles. The number of hydrogen-bond donors (Lipinski definition) is 0. The Morgan fingerprint density at radius 1 is 1.05 bits per heavy atom. The first kappa shape index (κ1) is 24.1. The van der Waals surface area contributed by atoms with Crippen molar-refractivity contribution in [1.82, 2.24) is 14.8 Å². The topological polar surface area (TPSA) is 66.0 Å². The number of fused-ring (bicyclic) bond motifs is 3. The van der Waals surface area contributed by atoms with Crippen molar-refractivity contribution in [2.24, 2.45) is 0 Å². The first-order valence-electron chi connectivity index (χ1n) is 12.0. The summed E-state index contributed by atoms with van der Waals surface area (Å²) in [6.45, 7) is 0.853. The molecule has 37 heavy (non-hydrogen) atoms. The van der Waals surface area contributed by atoms with E-state index in [0.29, 0.717) is 23.2 Å². The molecule has 3 aliphatic rings. The lowest BCUT2D eigenvalue weighted by Gasteiger charge is -2.42. The Balaban J connectivity index is 1.60. The molecule has 2 amide bonds. The van der Waals surface area contributed by atoms with E-state index in [4.69, 9.17) is 17.0 Å². The average molecular weight is 531 g/mol. The minimum atomic E-state index is -1.27. The molecule has 0 radical (unpaired) electrons. The number of benzene rings is 2. The Hall–Kier alpha value is -3.27. The SMILES string of the molecule is COc1ccc2c(c1)[C@]1(C(=O)N2C)N(C)C[C@H](c2ccncc2)[C@]12SC(=S)N(Cc1ccccc1)C2=O. The third-order valence-corrected chi connectivity index (χ3v) is 9.89. The van der Waals surface area contributed by atoms with Crippen LogP contribution in [0.2, 0.25) is 0 Å². The molecule has 188 valence electrons. The molecular formula is C28H26N4O3S2. The number of nitrogens with zero attached hydrogens (tertiary/aromatic N) is 4. The standard InChI is InChI=1S/C28H26N4O3S2/c1-30-17-22(19-11-13-29-14-12-19)28(25(34)32(26(36)37-28)16-18-7-5-4-6-8-18)27(30)21-15-20(35-3)9-10-23(21)31(2)24(27)33/h4-15,22H,16-17H2,1-3H3/t22-,27-,28-/m1/s1. The molecule has 0 saturated carbocycles. The number of ether oxygens (including phenoxy) is 1. The van der Waals surface area contributed by atoms with Gasteiger partial charge in [-0.25, -0.2) is 0 Å². The lowest BCUT2D eigenvalue weighted by molar-refractivity contribution is -0.139. The van der Waals surface area contributed by atoms with Gasteiger partial charge in [-0.05, 0) is 48.5 Å². The van der Waals surface area contributed by atoms with Crippen LogP contribution in [0.3, 0.4) is 0 Å². The second kappa shape index (κ2) is 8.65. The maximum Gasteiger partial charge on any atom is 0.254 e. The molecule has 0 aliphatic carbocycles. The van der Waals surface area contributed by atoms with Gasteiger partial charge in [0, 0.05) is 43.2 Å². The van der Waals surface area contributed by atoms with E-state index < -0.39 is 10.3 Å². The van der Waals surface area contributed by atoms with Crippen molar-refractivity contribution in [3.63, 3.8) is 0 Å². The molecule has 0 bridgehead atoms. The zero-order chi connectivity index (χ0) is 25.9. The van der Waals surface area contributed by atoms with Crippen LogP contribution in [0.1, 0.15) is 22.6 Å². The van der Waals surface area contributed by atoms with Gasteiger partial charge in [0.2, 0.25) is 5.91 Å². The van der Waals surface area contributed by atoms with Crippen LogP contribution in [0, 0.1) is 0 Å². The molecule has 0 unspecified atom stereocenters. The van der Waals surface area contributed by atoms with Crippen LogP contribution in [0.25, 0.3) is 0 Å². The summed E-state index contributed by atoms with van der Waals surface area (Å²) in [4.78, 5) is 38.9. The monoisotopic (exact) mass is 530 g/mol. The highest BCUT2D eigenvalue weighted by Crippen LogP contribution is 2.66. The van der Waals surface area contributed by atoms with Gasteiger partial charge in [-0.2, -0.15) is 0 Å². The van der Waals surface area contributed by atoms with Crippen molar-refractivity contribution < 1.29 is 14.3 Å². The van der Waals surface area contributed by atoms with E-state index in [9.17, 15) is 9.59 Å². The van der Waals surface area contributed by atoms with Gasteiger partial charge in [-0.15, -0.1) is 0 Å². The van der Waals surface area contributed by atoms with Gasteiger partial charge in [-0.3, -0.25) is 24.4 Å². The van der Waals surface area contributed by atoms with Crippen LogP contribution in [-0.4, -0.2) is 63.4 Å². The minimum Gasteiger partial charge on any atom is -0.497 e. The number of anilines is 1. The van der Waals surface area contributed by atoms with Crippen LogP contribution in [0.15, 0.2) is 73.1 Å². The van der Waals surface area contributed by atoms with Gasteiger partial charge in [0.15, 0.2) is 5.54 Å². The van der Waals surface area contributed by atoms with Crippen molar-refractivity contribution in [1.29, 1.82) is 0 Å². The summed E-state index contributed by atoms with van der Waals surface area (Å²) in [7, 11) is 5.31. The normalized spacial score (nSPS) is 27.1. The summed E-state index contributed by atoms with van der Waals surface area (Å²) in [5.74, 6) is 0.0532. The number of methoxy groups -OCH3 is 1. The number of thioether (sulfide) groups is 1. The molecule has 2 fully saturated rings. The lowest BCUT2D eigenvalue weighted by atomic mass is 9.72. The lowest BCUT2D eigenvalue weighted by Crippen LogP contribution is -2.62. The minimum absolute atomic E-state index is 0.139. The Morgan fingerprint density at radius 3 is 2.49 bits per heavy atom. The van der Waals surface area contributed by atoms with E-state index in [1.165, 1.54) is 11.8 Å². The van der Waals surface area contributed by atoms with Crippen LogP contribution >= 0.6 is 24.0 Å². The van der Waals surface area contributed by atoms with Crippen LogP contribution in [0.5, 0.6) is 5.75 Å². The average Bonchev–Trinajstić information content (AvgIpc) is 3.43. The number of thiocarbonyl (C=S) groups is 1. The predicted molar refractivity (Wildman–Crippen MR) is 148 cm³/mol. The van der Waals surface area contributed by atoms with Crippen LogP contribution in [0.4, 0.5) is 5.69 Å². The zero-order valence-corrected chi connectivity index (χ0v) is 22.4. The zero-order valence-electron chi connectivity index (χ0n) is 20.7. The summed E-state index contributed by atoms with van der Waals surface area (Å²) in [6.07, 6.45) is 3.47. The Kier molecular flexibility index (Phi) is 5.63. The maximum absolute atomic E-state index is 14.8. The van der Waals surface area contributed by atoms with E-state index in [-0.39, 0.29) is 17.7 Å². The van der Waals surface area contributed by atoms with Crippen LogP contribution < -0.4 is 9.64 Å². The third kappa shape index (κ3) is 3.11. The molecule has 2 aromatic carbocycles.